The Morgan fingerprint density at radius 2 is 1.77 bits per heavy atom. The molecule has 164 valence electrons. The summed E-state index contributed by atoms with van der Waals surface area (Å²) in [6, 6.07) is 5.70. The summed E-state index contributed by atoms with van der Waals surface area (Å²) in [6.45, 7) is 4.80. The van der Waals surface area contributed by atoms with E-state index >= 15 is 0 Å². The highest BCUT2D eigenvalue weighted by Crippen LogP contribution is 2.39. The molecule has 1 aliphatic rings. The molecule has 0 saturated carbocycles. The SMILES string of the molecule is COC(=O)/C=C(/C)NC(=O)C1=C(C)NC(C)=C(C(=O)OC)[C@H]1c1cccc([N+](=O)[O-])c1. The number of rotatable bonds is 6. The van der Waals surface area contributed by atoms with Crippen molar-refractivity contribution in [1.29, 1.82) is 0 Å². The van der Waals surface area contributed by atoms with Crippen molar-refractivity contribution in [1.82, 2.24) is 10.6 Å². The minimum Gasteiger partial charge on any atom is -0.466 e. The van der Waals surface area contributed by atoms with Gasteiger partial charge in [-0.05, 0) is 26.3 Å². The molecule has 2 N–H and O–H groups in total. The predicted molar refractivity (Wildman–Crippen MR) is 110 cm³/mol. The Balaban J connectivity index is 2.62. The number of allylic oxidation sites excluding steroid dienone is 3. The zero-order valence-electron chi connectivity index (χ0n) is 17.8. The van der Waals surface area contributed by atoms with E-state index in [0.29, 0.717) is 17.0 Å². The zero-order valence-corrected chi connectivity index (χ0v) is 17.8. The maximum atomic E-state index is 13.1. The average Bonchev–Trinajstić information content (AvgIpc) is 2.72. The molecule has 0 bridgehead atoms. The highest BCUT2D eigenvalue weighted by atomic mass is 16.6. The molecule has 10 heteroatoms. The van der Waals surface area contributed by atoms with Crippen LogP contribution in [0.4, 0.5) is 5.69 Å². The highest BCUT2D eigenvalue weighted by molar-refractivity contribution is 6.03. The van der Waals surface area contributed by atoms with Crippen LogP contribution in [0.2, 0.25) is 0 Å². The number of nitro benzene ring substituents is 1. The number of dihydropyridines is 1. The third kappa shape index (κ3) is 5.16. The number of nitrogens with one attached hydrogen (secondary N) is 2. The van der Waals surface area contributed by atoms with Gasteiger partial charge in [0.1, 0.15) is 0 Å². The van der Waals surface area contributed by atoms with E-state index in [1.54, 1.807) is 19.9 Å². The van der Waals surface area contributed by atoms with Crippen LogP contribution in [0.1, 0.15) is 32.3 Å². The van der Waals surface area contributed by atoms with Gasteiger partial charge in [0.2, 0.25) is 0 Å². The number of methoxy groups -OCH3 is 2. The van der Waals surface area contributed by atoms with Crippen LogP contribution in [0.5, 0.6) is 0 Å². The number of non-ortho nitro benzene ring substituents is 1. The van der Waals surface area contributed by atoms with E-state index in [1.807, 2.05) is 0 Å². The summed E-state index contributed by atoms with van der Waals surface area (Å²) in [6.07, 6.45) is 1.11. The van der Waals surface area contributed by atoms with Crippen LogP contribution in [0.25, 0.3) is 0 Å². The van der Waals surface area contributed by atoms with Gasteiger partial charge in [0.05, 0.1) is 30.6 Å². The number of benzene rings is 1. The Labute approximate surface area is 178 Å². The number of hydrogen-bond donors (Lipinski definition) is 2. The summed E-state index contributed by atoms with van der Waals surface area (Å²) < 4.78 is 9.45. The molecule has 1 atom stereocenters. The number of carbonyl (C=O) groups is 3. The van der Waals surface area contributed by atoms with Crippen molar-refractivity contribution in [2.75, 3.05) is 14.2 Å². The third-order valence-corrected chi connectivity index (χ3v) is 4.67. The molecular weight excluding hydrogens is 406 g/mol. The Hall–Kier alpha value is -3.95. The van der Waals surface area contributed by atoms with Crippen LogP contribution in [0, 0.1) is 10.1 Å². The largest absolute Gasteiger partial charge is 0.466 e. The molecule has 0 unspecified atom stereocenters. The van der Waals surface area contributed by atoms with Gasteiger partial charge in [0.25, 0.3) is 11.6 Å². The molecule has 10 nitrogen and oxygen atoms in total. The van der Waals surface area contributed by atoms with Crippen molar-refractivity contribution in [3.05, 3.63) is 74.3 Å². The Morgan fingerprint density at radius 3 is 2.35 bits per heavy atom. The van der Waals surface area contributed by atoms with E-state index in [9.17, 15) is 24.5 Å². The number of hydrogen-bond acceptors (Lipinski definition) is 8. The lowest BCUT2D eigenvalue weighted by Gasteiger charge is -2.30. The van der Waals surface area contributed by atoms with Gasteiger partial charge in [0, 0.05) is 40.9 Å². The molecule has 1 heterocycles. The van der Waals surface area contributed by atoms with Gasteiger partial charge in [-0.2, -0.15) is 0 Å². The average molecular weight is 429 g/mol. The van der Waals surface area contributed by atoms with Crippen molar-refractivity contribution in [3.63, 3.8) is 0 Å². The minimum absolute atomic E-state index is 0.147. The summed E-state index contributed by atoms with van der Waals surface area (Å²) in [4.78, 5) is 47.9. The number of esters is 2. The lowest BCUT2D eigenvalue weighted by atomic mass is 9.80. The van der Waals surface area contributed by atoms with E-state index in [4.69, 9.17) is 4.74 Å². The number of nitro groups is 1. The van der Waals surface area contributed by atoms with Crippen LogP contribution in [0.3, 0.4) is 0 Å². The Bertz CT molecular complexity index is 1040. The van der Waals surface area contributed by atoms with Crippen LogP contribution < -0.4 is 10.6 Å². The van der Waals surface area contributed by atoms with Gasteiger partial charge in [-0.3, -0.25) is 14.9 Å². The summed E-state index contributed by atoms with van der Waals surface area (Å²) in [5, 5.41) is 16.9. The number of amides is 1. The first-order valence-electron chi connectivity index (χ1n) is 9.19. The maximum absolute atomic E-state index is 13.1. The molecule has 0 fully saturated rings. The van der Waals surface area contributed by atoms with Crippen LogP contribution in [-0.4, -0.2) is 37.0 Å². The summed E-state index contributed by atoms with van der Waals surface area (Å²) in [5.41, 5.74) is 1.62. The van der Waals surface area contributed by atoms with Gasteiger partial charge >= 0.3 is 11.9 Å². The van der Waals surface area contributed by atoms with Gasteiger partial charge in [0.15, 0.2) is 0 Å². The summed E-state index contributed by atoms with van der Waals surface area (Å²) in [7, 11) is 2.42. The van der Waals surface area contributed by atoms with Crippen LogP contribution in [-0.2, 0) is 23.9 Å². The van der Waals surface area contributed by atoms with Crippen molar-refractivity contribution >= 4 is 23.5 Å². The number of ether oxygens (including phenoxy) is 2. The minimum atomic E-state index is -0.931. The predicted octanol–water partition coefficient (Wildman–Crippen LogP) is 2.20. The second-order valence-electron chi connectivity index (χ2n) is 6.78. The molecule has 2 rings (SSSR count). The highest BCUT2D eigenvalue weighted by Gasteiger charge is 2.37. The normalized spacial score (nSPS) is 16.4. The first kappa shape index (κ1) is 23.3. The fourth-order valence-corrected chi connectivity index (χ4v) is 3.35. The van der Waals surface area contributed by atoms with Crippen LogP contribution in [0.15, 0.2) is 58.6 Å². The molecule has 0 saturated heterocycles. The summed E-state index contributed by atoms with van der Waals surface area (Å²) in [5.74, 6) is -2.85. The van der Waals surface area contributed by atoms with E-state index in [0.717, 1.165) is 6.08 Å². The monoisotopic (exact) mass is 429 g/mol. The third-order valence-electron chi connectivity index (χ3n) is 4.67. The zero-order chi connectivity index (χ0) is 23.3. The van der Waals surface area contributed by atoms with Gasteiger partial charge < -0.3 is 20.1 Å². The standard InChI is InChI=1S/C21H23N3O7/c1-11(9-16(25)30-4)22-20(26)17-12(2)23-13(3)18(21(27)31-5)19(17)14-7-6-8-15(10-14)24(28)29/h6-10,19,23H,1-5H3,(H,22,26)/b11-9-/t19-/m0/s1. The fourth-order valence-electron chi connectivity index (χ4n) is 3.35. The lowest BCUT2D eigenvalue weighted by molar-refractivity contribution is -0.384. The lowest BCUT2D eigenvalue weighted by Crippen LogP contribution is -2.36. The molecule has 1 amide bonds. The smallest absolute Gasteiger partial charge is 0.336 e. The summed E-state index contributed by atoms with van der Waals surface area (Å²) >= 11 is 0. The van der Waals surface area contributed by atoms with Gasteiger partial charge in [-0.25, -0.2) is 9.59 Å². The molecule has 31 heavy (non-hydrogen) atoms. The molecule has 1 aromatic rings. The molecular formula is C21H23N3O7. The maximum Gasteiger partial charge on any atom is 0.336 e. The van der Waals surface area contributed by atoms with E-state index < -0.39 is 28.7 Å². The van der Waals surface area contributed by atoms with E-state index in [-0.39, 0.29) is 22.5 Å². The van der Waals surface area contributed by atoms with Gasteiger partial charge in [-0.15, -0.1) is 0 Å². The fraction of sp³-hybridized carbons (Fsp3) is 0.286. The quantitative estimate of drug-likeness (QED) is 0.304. The molecule has 0 aliphatic carbocycles. The molecule has 1 aromatic carbocycles. The molecule has 0 aromatic heterocycles. The first-order chi connectivity index (χ1) is 14.6. The second-order valence-corrected chi connectivity index (χ2v) is 6.78. The van der Waals surface area contributed by atoms with Crippen molar-refractivity contribution < 1.29 is 28.8 Å². The van der Waals surface area contributed by atoms with E-state index in [2.05, 4.69) is 15.4 Å². The Kier molecular flexibility index (Phi) is 7.30. The molecule has 0 radical (unpaired) electrons. The second kappa shape index (κ2) is 9.70. The van der Waals surface area contributed by atoms with Crippen molar-refractivity contribution in [2.24, 2.45) is 0 Å². The number of carbonyl (C=O) groups excluding carboxylic acids is 3. The van der Waals surface area contributed by atoms with Gasteiger partial charge in [-0.1, -0.05) is 12.1 Å². The molecule has 0 spiro atoms. The topological polar surface area (TPSA) is 137 Å². The first-order valence-corrected chi connectivity index (χ1v) is 9.19. The van der Waals surface area contributed by atoms with E-state index in [1.165, 1.54) is 39.3 Å². The van der Waals surface area contributed by atoms with Crippen molar-refractivity contribution in [2.45, 2.75) is 26.7 Å². The van der Waals surface area contributed by atoms with Crippen molar-refractivity contribution in [3.8, 4) is 0 Å². The number of nitrogens with zero attached hydrogens (tertiary/aromatic N) is 1. The van der Waals surface area contributed by atoms with Crippen LogP contribution >= 0.6 is 0 Å². The Morgan fingerprint density at radius 1 is 1.13 bits per heavy atom. The molecule has 1 aliphatic heterocycles.